The highest BCUT2D eigenvalue weighted by atomic mass is 32.1. The van der Waals surface area contributed by atoms with Gasteiger partial charge in [0.15, 0.2) is 5.11 Å². The molecule has 0 bridgehead atoms. The van der Waals surface area contributed by atoms with Crippen LogP contribution >= 0.6 is 12.2 Å². The van der Waals surface area contributed by atoms with Crippen molar-refractivity contribution in [2.24, 2.45) is 7.05 Å². The van der Waals surface area contributed by atoms with Gasteiger partial charge in [-0.3, -0.25) is 9.48 Å². The molecule has 1 N–H and O–H groups in total. The van der Waals surface area contributed by atoms with Crippen LogP contribution in [0.2, 0.25) is 0 Å². The zero-order valence-electron chi connectivity index (χ0n) is 13.0. The molecule has 1 aromatic carbocycles. The molecule has 0 spiro atoms. The van der Waals surface area contributed by atoms with Gasteiger partial charge in [0.2, 0.25) is 0 Å². The van der Waals surface area contributed by atoms with E-state index in [2.05, 4.69) is 10.4 Å². The summed E-state index contributed by atoms with van der Waals surface area (Å²) in [6.45, 7) is 1.95. The van der Waals surface area contributed by atoms with Gasteiger partial charge in [-0.05, 0) is 43.4 Å². The fourth-order valence-corrected chi connectivity index (χ4v) is 2.67. The number of hydrogen-bond acceptors (Lipinski definition) is 4. The van der Waals surface area contributed by atoms with Crippen molar-refractivity contribution >= 4 is 35.0 Å². The third-order valence-corrected chi connectivity index (χ3v) is 3.91. The Balaban J connectivity index is 1.97. The van der Waals surface area contributed by atoms with Crippen LogP contribution in [0.25, 0.3) is 6.08 Å². The first kappa shape index (κ1) is 15.2. The lowest BCUT2D eigenvalue weighted by molar-refractivity contribution is -0.113. The molecule has 7 heteroatoms. The fourth-order valence-electron chi connectivity index (χ4n) is 2.38. The molecular weight excluding hydrogens is 312 g/mol. The summed E-state index contributed by atoms with van der Waals surface area (Å²) >= 11 is 5.30. The number of hydrogen-bond donors (Lipinski definition) is 1. The molecule has 1 aromatic heterocycles. The van der Waals surface area contributed by atoms with Crippen molar-refractivity contribution in [1.82, 2.24) is 15.1 Å². The minimum Gasteiger partial charge on any atom is -0.495 e. The number of para-hydroxylation sites is 2. The maximum absolute atomic E-state index is 12.7. The van der Waals surface area contributed by atoms with Crippen LogP contribution in [0.15, 0.2) is 36.0 Å². The highest BCUT2D eigenvalue weighted by Crippen LogP contribution is 2.31. The van der Waals surface area contributed by atoms with Crippen molar-refractivity contribution in [3.05, 3.63) is 47.4 Å². The molecule has 0 atom stereocenters. The summed E-state index contributed by atoms with van der Waals surface area (Å²) in [7, 11) is 3.41. The Morgan fingerprint density at radius 3 is 2.74 bits per heavy atom. The number of carbonyl (C=O) groups is 1. The minimum absolute atomic E-state index is 0.234. The topological polar surface area (TPSA) is 59.4 Å². The lowest BCUT2D eigenvalue weighted by Crippen LogP contribution is -2.30. The summed E-state index contributed by atoms with van der Waals surface area (Å²) in [5, 5.41) is 7.59. The first-order chi connectivity index (χ1) is 11.0. The third-order valence-electron chi connectivity index (χ3n) is 3.63. The van der Waals surface area contributed by atoms with Gasteiger partial charge in [0.1, 0.15) is 11.4 Å². The van der Waals surface area contributed by atoms with Gasteiger partial charge < -0.3 is 10.1 Å². The normalized spacial score (nSPS) is 16.1. The van der Waals surface area contributed by atoms with E-state index in [1.807, 2.05) is 32.2 Å². The third kappa shape index (κ3) is 2.70. The molecule has 0 aliphatic carbocycles. The van der Waals surface area contributed by atoms with Gasteiger partial charge in [-0.2, -0.15) is 5.10 Å². The predicted octanol–water partition coefficient (Wildman–Crippen LogP) is 2.00. The van der Waals surface area contributed by atoms with Gasteiger partial charge in [0.05, 0.1) is 18.5 Å². The number of aromatic nitrogens is 2. The van der Waals surface area contributed by atoms with E-state index < -0.39 is 0 Å². The van der Waals surface area contributed by atoms with Crippen LogP contribution in [-0.4, -0.2) is 27.9 Å². The summed E-state index contributed by atoms with van der Waals surface area (Å²) in [5.41, 5.74) is 2.70. The van der Waals surface area contributed by atoms with Crippen LogP contribution in [0.3, 0.4) is 0 Å². The molecule has 23 heavy (non-hydrogen) atoms. The smallest absolute Gasteiger partial charge is 0.281 e. The van der Waals surface area contributed by atoms with Crippen molar-refractivity contribution in [1.29, 1.82) is 0 Å². The Kier molecular flexibility index (Phi) is 3.87. The maximum Gasteiger partial charge on any atom is 0.281 e. The molecule has 1 aliphatic rings. The lowest BCUT2D eigenvalue weighted by Gasteiger charge is -2.17. The number of rotatable bonds is 3. The van der Waals surface area contributed by atoms with Crippen LogP contribution in [-0.2, 0) is 11.8 Å². The summed E-state index contributed by atoms with van der Waals surface area (Å²) in [4.78, 5) is 14.1. The van der Waals surface area contributed by atoms with Gasteiger partial charge in [-0.1, -0.05) is 12.1 Å². The SMILES string of the molecule is COc1ccccc1N1C(=O)/C(=C\c2cc(C)n(C)n2)NC1=S. The van der Waals surface area contributed by atoms with Gasteiger partial charge in [-0.25, -0.2) is 4.90 Å². The summed E-state index contributed by atoms with van der Waals surface area (Å²) < 4.78 is 7.06. The Morgan fingerprint density at radius 2 is 2.09 bits per heavy atom. The van der Waals surface area contributed by atoms with E-state index in [-0.39, 0.29) is 5.91 Å². The number of amides is 1. The number of thiocarbonyl (C=S) groups is 1. The fraction of sp³-hybridized carbons (Fsp3) is 0.188. The summed E-state index contributed by atoms with van der Waals surface area (Å²) in [6, 6.07) is 9.15. The van der Waals surface area contributed by atoms with E-state index in [1.165, 1.54) is 4.90 Å². The van der Waals surface area contributed by atoms with Crippen molar-refractivity contribution in [2.45, 2.75) is 6.92 Å². The molecule has 0 saturated carbocycles. The second-order valence-electron chi connectivity index (χ2n) is 5.13. The van der Waals surface area contributed by atoms with Crippen LogP contribution < -0.4 is 15.0 Å². The second-order valence-corrected chi connectivity index (χ2v) is 5.52. The molecule has 0 unspecified atom stereocenters. The molecule has 1 saturated heterocycles. The van der Waals surface area contributed by atoms with E-state index in [9.17, 15) is 4.79 Å². The van der Waals surface area contributed by atoms with Crippen LogP contribution in [0.1, 0.15) is 11.4 Å². The highest BCUT2D eigenvalue weighted by molar-refractivity contribution is 7.80. The van der Waals surface area contributed by atoms with Crippen molar-refractivity contribution in [3.8, 4) is 5.75 Å². The van der Waals surface area contributed by atoms with E-state index in [0.717, 1.165) is 5.69 Å². The van der Waals surface area contributed by atoms with Crippen molar-refractivity contribution < 1.29 is 9.53 Å². The second kappa shape index (κ2) is 5.85. The summed E-state index contributed by atoms with van der Waals surface area (Å²) in [6.07, 6.45) is 1.69. The molecule has 118 valence electrons. The highest BCUT2D eigenvalue weighted by Gasteiger charge is 2.33. The van der Waals surface area contributed by atoms with Crippen molar-refractivity contribution in [3.63, 3.8) is 0 Å². The van der Waals surface area contributed by atoms with Gasteiger partial charge in [0.25, 0.3) is 5.91 Å². The standard InChI is InChI=1S/C16H16N4O2S/c1-10-8-11(18-19(10)2)9-12-15(21)20(16(23)17-12)13-6-4-5-7-14(13)22-3/h4-9H,1-3H3,(H,17,23)/b12-9+. The first-order valence-electron chi connectivity index (χ1n) is 7.02. The minimum atomic E-state index is -0.234. The Bertz CT molecular complexity index is 806. The molecule has 0 radical (unpaired) electrons. The largest absolute Gasteiger partial charge is 0.495 e. The van der Waals surface area contributed by atoms with Crippen LogP contribution in [0, 0.1) is 6.92 Å². The predicted molar refractivity (Wildman–Crippen MR) is 92.1 cm³/mol. The van der Waals surface area contributed by atoms with E-state index in [4.69, 9.17) is 17.0 Å². The Hall–Kier alpha value is -2.67. The quantitative estimate of drug-likeness (QED) is 0.690. The number of aryl methyl sites for hydroxylation is 2. The maximum atomic E-state index is 12.7. The average Bonchev–Trinajstić information content (AvgIpc) is 2.99. The number of carbonyl (C=O) groups excluding carboxylic acids is 1. The van der Waals surface area contributed by atoms with E-state index >= 15 is 0 Å². The molecule has 2 heterocycles. The number of ether oxygens (including phenoxy) is 1. The number of nitrogens with zero attached hydrogens (tertiary/aromatic N) is 3. The molecule has 6 nitrogen and oxygen atoms in total. The van der Waals surface area contributed by atoms with Crippen LogP contribution in [0.5, 0.6) is 5.75 Å². The molecule has 1 fully saturated rings. The molecule has 2 aromatic rings. The van der Waals surface area contributed by atoms with Gasteiger partial charge >= 0.3 is 0 Å². The van der Waals surface area contributed by atoms with E-state index in [1.54, 1.807) is 30.0 Å². The van der Waals surface area contributed by atoms with Crippen molar-refractivity contribution in [2.75, 3.05) is 12.0 Å². The molecule has 1 aliphatic heterocycles. The molecular formula is C16H16N4O2S. The molecule has 1 amide bonds. The number of nitrogens with one attached hydrogen (secondary N) is 1. The van der Waals surface area contributed by atoms with Gasteiger partial charge in [-0.15, -0.1) is 0 Å². The number of anilines is 1. The van der Waals surface area contributed by atoms with E-state index in [0.29, 0.717) is 27.9 Å². The lowest BCUT2D eigenvalue weighted by atomic mass is 10.2. The number of benzene rings is 1. The van der Waals surface area contributed by atoms with Gasteiger partial charge in [0, 0.05) is 12.7 Å². The number of methoxy groups -OCH3 is 1. The molecule has 3 rings (SSSR count). The first-order valence-corrected chi connectivity index (χ1v) is 7.43. The average molecular weight is 328 g/mol. The monoisotopic (exact) mass is 328 g/mol. The Labute approximate surface area is 139 Å². The zero-order chi connectivity index (χ0) is 16.6. The zero-order valence-corrected chi connectivity index (χ0v) is 13.8. The summed E-state index contributed by atoms with van der Waals surface area (Å²) in [5.74, 6) is 0.350. The Morgan fingerprint density at radius 1 is 1.35 bits per heavy atom. The van der Waals surface area contributed by atoms with Crippen LogP contribution in [0.4, 0.5) is 5.69 Å².